The predicted molar refractivity (Wildman–Crippen MR) is 113 cm³/mol. The summed E-state index contributed by atoms with van der Waals surface area (Å²) >= 11 is 1.23. The van der Waals surface area contributed by atoms with Gasteiger partial charge >= 0.3 is 17.6 Å². The van der Waals surface area contributed by atoms with Crippen molar-refractivity contribution < 1.29 is 33.5 Å². The Morgan fingerprint density at radius 1 is 1.13 bits per heavy atom. The molecule has 1 amide bonds. The Labute approximate surface area is 182 Å². The highest BCUT2D eigenvalue weighted by Gasteiger charge is 2.24. The van der Waals surface area contributed by atoms with Crippen LogP contribution in [0.3, 0.4) is 0 Å². The number of rotatable bonds is 10. The number of benzene rings is 1. The molecular weight excluding hydrogens is 428 g/mol. The lowest BCUT2D eigenvalue weighted by Crippen LogP contribution is -2.24. The first-order chi connectivity index (χ1) is 14.8. The van der Waals surface area contributed by atoms with Crippen LogP contribution in [0.2, 0.25) is 0 Å². The summed E-state index contributed by atoms with van der Waals surface area (Å²) in [6.45, 7) is 4.39. The van der Waals surface area contributed by atoms with Crippen molar-refractivity contribution in [1.29, 1.82) is 0 Å². The van der Waals surface area contributed by atoms with E-state index in [1.807, 2.05) is 13.8 Å². The average molecular weight is 450 g/mol. The molecular formula is C20H22N2O8S. The largest absolute Gasteiger partial charge is 0.475 e. The molecule has 0 aliphatic heterocycles. The second-order valence-electron chi connectivity index (χ2n) is 6.14. The van der Waals surface area contributed by atoms with E-state index in [0.29, 0.717) is 17.0 Å². The Hall–Kier alpha value is -3.47. The third-order valence-electron chi connectivity index (χ3n) is 4.07. The van der Waals surface area contributed by atoms with E-state index in [2.05, 4.69) is 5.32 Å². The summed E-state index contributed by atoms with van der Waals surface area (Å²) in [7, 11) is 0. The van der Waals surface area contributed by atoms with Crippen LogP contribution < -0.4 is 10.1 Å². The van der Waals surface area contributed by atoms with Gasteiger partial charge in [0.15, 0.2) is 19.0 Å². The molecule has 1 heterocycles. The lowest BCUT2D eigenvalue weighted by Gasteiger charge is -2.09. The minimum atomic E-state index is -0.879. The van der Waals surface area contributed by atoms with E-state index < -0.39 is 36.0 Å². The van der Waals surface area contributed by atoms with Crippen molar-refractivity contribution in [2.45, 2.75) is 27.2 Å². The first-order valence-corrected chi connectivity index (χ1v) is 10.2. The number of nitrogens with zero attached hydrogens (tertiary/aromatic N) is 1. The molecule has 0 aliphatic rings. The lowest BCUT2D eigenvalue weighted by molar-refractivity contribution is -0.385. The molecule has 166 valence electrons. The fraction of sp³-hybridized carbons (Fsp3) is 0.350. The Balaban J connectivity index is 1.95. The number of nitro benzene ring substituents is 1. The number of ether oxygens (including phenoxy) is 3. The zero-order chi connectivity index (χ0) is 23.0. The van der Waals surface area contributed by atoms with Crippen LogP contribution in [-0.2, 0) is 25.5 Å². The number of esters is 2. The minimum Gasteiger partial charge on any atom is -0.475 e. The van der Waals surface area contributed by atoms with Crippen molar-refractivity contribution in [3.63, 3.8) is 0 Å². The maximum absolute atomic E-state index is 12.3. The summed E-state index contributed by atoms with van der Waals surface area (Å²) in [4.78, 5) is 47.5. The number of hydrogen-bond donors (Lipinski definition) is 1. The molecule has 10 nitrogen and oxygen atoms in total. The van der Waals surface area contributed by atoms with Crippen molar-refractivity contribution in [3.05, 3.63) is 50.4 Å². The van der Waals surface area contributed by atoms with Gasteiger partial charge in [0.2, 0.25) is 0 Å². The molecule has 0 spiro atoms. The second kappa shape index (κ2) is 11.1. The molecule has 0 radical (unpaired) electrons. The van der Waals surface area contributed by atoms with Crippen LogP contribution in [0.1, 0.15) is 34.6 Å². The van der Waals surface area contributed by atoms with Crippen LogP contribution >= 0.6 is 11.3 Å². The van der Waals surface area contributed by atoms with Crippen molar-refractivity contribution >= 4 is 39.9 Å². The molecule has 2 rings (SSSR count). The normalized spacial score (nSPS) is 10.3. The summed E-state index contributed by atoms with van der Waals surface area (Å²) in [6.07, 6.45) is 0.588. The van der Waals surface area contributed by atoms with Gasteiger partial charge in [-0.25, -0.2) is 9.59 Å². The van der Waals surface area contributed by atoms with E-state index in [0.717, 1.165) is 10.4 Å². The molecule has 1 N–H and O–H groups in total. The molecule has 0 fully saturated rings. The Morgan fingerprint density at radius 3 is 2.48 bits per heavy atom. The fourth-order valence-corrected chi connectivity index (χ4v) is 3.88. The van der Waals surface area contributed by atoms with Gasteiger partial charge in [-0.3, -0.25) is 14.9 Å². The average Bonchev–Trinajstić information content (AvgIpc) is 3.05. The Morgan fingerprint density at radius 2 is 1.84 bits per heavy atom. The van der Waals surface area contributed by atoms with Crippen LogP contribution in [-0.4, -0.2) is 42.6 Å². The number of amides is 1. The van der Waals surface area contributed by atoms with Gasteiger partial charge in [-0.05, 0) is 31.9 Å². The molecule has 0 atom stereocenters. The number of para-hydroxylation sites is 2. The molecule has 0 saturated heterocycles. The van der Waals surface area contributed by atoms with Crippen molar-refractivity contribution in [2.75, 3.05) is 25.1 Å². The van der Waals surface area contributed by atoms with E-state index in [9.17, 15) is 24.5 Å². The molecule has 1 aromatic heterocycles. The van der Waals surface area contributed by atoms with Gasteiger partial charge in [-0.1, -0.05) is 19.1 Å². The van der Waals surface area contributed by atoms with Gasteiger partial charge < -0.3 is 19.5 Å². The molecule has 0 aliphatic carbocycles. The summed E-state index contributed by atoms with van der Waals surface area (Å²) in [5, 5.41) is 13.8. The fourth-order valence-electron chi connectivity index (χ4n) is 2.73. The SMILES string of the molecule is CCOC(=O)c1c(NC(=O)COC(=O)COc2ccccc2[N+](=O)[O-])sc(C)c1CC. The Kier molecular flexibility index (Phi) is 8.50. The molecule has 0 saturated carbocycles. The summed E-state index contributed by atoms with van der Waals surface area (Å²) in [5.41, 5.74) is 0.791. The number of aryl methyl sites for hydroxylation is 1. The number of anilines is 1. The van der Waals surface area contributed by atoms with E-state index >= 15 is 0 Å². The van der Waals surface area contributed by atoms with Crippen molar-refractivity contribution in [2.24, 2.45) is 0 Å². The van der Waals surface area contributed by atoms with Crippen molar-refractivity contribution in [1.82, 2.24) is 0 Å². The molecule has 0 bridgehead atoms. The number of nitrogens with one attached hydrogen (secondary N) is 1. The highest BCUT2D eigenvalue weighted by atomic mass is 32.1. The van der Waals surface area contributed by atoms with Gasteiger partial charge in [0.25, 0.3) is 5.91 Å². The van der Waals surface area contributed by atoms with Gasteiger partial charge in [0.05, 0.1) is 17.1 Å². The summed E-state index contributed by atoms with van der Waals surface area (Å²) in [5.74, 6) is -2.15. The topological polar surface area (TPSA) is 134 Å². The number of nitro groups is 1. The minimum absolute atomic E-state index is 0.0888. The predicted octanol–water partition coefficient (Wildman–Crippen LogP) is 3.26. The zero-order valence-electron chi connectivity index (χ0n) is 17.3. The van der Waals surface area contributed by atoms with Crippen LogP contribution in [0.5, 0.6) is 5.75 Å². The smallest absolute Gasteiger partial charge is 0.344 e. The first-order valence-electron chi connectivity index (χ1n) is 9.39. The van der Waals surface area contributed by atoms with E-state index in [-0.39, 0.29) is 18.0 Å². The summed E-state index contributed by atoms with van der Waals surface area (Å²) < 4.78 is 15.0. The maximum atomic E-state index is 12.3. The van der Waals surface area contributed by atoms with Gasteiger partial charge in [0, 0.05) is 10.9 Å². The van der Waals surface area contributed by atoms with E-state index in [1.165, 1.54) is 35.6 Å². The highest BCUT2D eigenvalue weighted by molar-refractivity contribution is 7.16. The third kappa shape index (κ3) is 6.25. The van der Waals surface area contributed by atoms with Crippen molar-refractivity contribution in [3.8, 4) is 5.75 Å². The summed E-state index contributed by atoms with van der Waals surface area (Å²) in [6, 6.07) is 5.58. The van der Waals surface area contributed by atoms with Crippen LogP contribution in [0.15, 0.2) is 24.3 Å². The molecule has 0 unspecified atom stereocenters. The quantitative estimate of drug-likeness (QED) is 0.331. The monoisotopic (exact) mass is 450 g/mol. The Bertz CT molecular complexity index is 986. The van der Waals surface area contributed by atoms with Crippen LogP contribution in [0.25, 0.3) is 0 Å². The van der Waals surface area contributed by atoms with Crippen LogP contribution in [0, 0.1) is 17.0 Å². The van der Waals surface area contributed by atoms with E-state index in [1.54, 1.807) is 6.92 Å². The standard InChI is InChI=1S/C20H22N2O8S/c1-4-13-12(3)31-19(18(13)20(25)28-5-2)21-16(23)10-30-17(24)11-29-15-9-7-6-8-14(15)22(26)27/h6-9H,4-5,10-11H2,1-3H3,(H,21,23). The maximum Gasteiger partial charge on any atom is 0.344 e. The number of carbonyl (C=O) groups excluding carboxylic acids is 3. The third-order valence-corrected chi connectivity index (χ3v) is 5.13. The van der Waals surface area contributed by atoms with Crippen LogP contribution in [0.4, 0.5) is 10.7 Å². The lowest BCUT2D eigenvalue weighted by atomic mass is 10.1. The number of thiophene rings is 1. The molecule has 31 heavy (non-hydrogen) atoms. The second-order valence-corrected chi connectivity index (χ2v) is 7.36. The molecule has 2 aromatic rings. The number of hydrogen-bond acceptors (Lipinski definition) is 9. The molecule has 11 heteroatoms. The highest BCUT2D eigenvalue weighted by Crippen LogP contribution is 2.34. The number of carbonyl (C=O) groups is 3. The van der Waals surface area contributed by atoms with Gasteiger partial charge in [-0.2, -0.15) is 0 Å². The first kappa shape index (κ1) is 23.8. The van der Waals surface area contributed by atoms with Gasteiger partial charge in [0.1, 0.15) is 5.00 Å². The van der Waals surface area contributed by atoms with Gasteiger partial charge in [-0.15, -0.1) is 11.3 Å². The zero-order valence-corrected chi connectivity index (χ0v) is 18.1. The van der Waals surface area contributed by atoms with E-state index in [4.69, 9.17) is 14.2 Å². The molecule has 1 aromatic carbocycles.